The summed E-state index contributed by atoms with van der Waals surface area (Å²) in [6.45, 7) is 2.69. The van der Waals surface area contributed by atoms with Crippen LogP contribution in [0.3, 0.4) is 0 Å². The van der Waals surface area contributed by atoms with Crippen molar-refractivity contribution < 1.29 is 19.0 Å². The van der Waals surface area contributed by atoms with Crippen molar-refractivity contribution in [2.45, 2.75) is 0 Å². The van der Waals surface area contributed by atoms with Crippen molar-refractivity contribution in [3.8, 4) is 17.2 Å². The minimum absolute atomic E-state index is 0.0577. The van der Waals surface area contributed by atoms with Crippen LogP contribution < -0.4 is 19.1 Å². The van der Waals surface area contributed by atoms with E-state index >= 15 is 0 Å². The van der Waals surface area contributed by atoms with Crippen LogP contribution in [0, 0.1) is 0 Å². The van der Waals surface area contributed by atoms with E-state index in [1.54, 1.807) is 18.3 Å². The first-order valence-electron chi connectivity index (χ1n) is 8.53. The SMILES string of the molecule is COc1cc(C(=O)N2CCN(c3ccc(Br)cn3)CC2)cc(OC)c1OC. The highest BCUT2D eigenvalue weighted by Gasteiger charge is 2.25. The predicted molar refractivity (Wildman–Crippen MR) is 106 cm³/mol. The van der Waals surface area contributed by atoms with Gasteiger partial charge in [0.2, 0.25) is 5.75 Å². The molecule has 1 fully saturated rings. The maximum atomic E-state index is 13.0. The fraction of sp³-hybridized carbons (Fsp3) is 0.368. The molecule has 3 rings (SSSR count). The second-order valence-electron chi connectivity index (χ2n) is 6.03. The van der Waals surface area contributed by atoms with Crippen LogP contribution in [-0.4, -0.2) is 63.3 Å². The Balaban J connectivity index is 1.73. The minimum atomic E-state index is -0.0577. The standard InChI is InChI=1S/C19H22BrN3O4/c1-25-15-10-13(11-16(26-2)18(15)27-3)19(24)23-8-6-22(7-9-23)17-5-4-14(20)12-21-17/h4-5,10-12H,6-9H2,1-3H3. The number of nitrogens with zero attached hydrogens (tertiary/aromatic N) is 3. The van der Waals surface area contributed by atoms with Gasteiger partial charge in [0, 0.05) is 42.4 Å². The van der Waals surface area contributed by atoms with Gasteiger partial charge >= 0.3 is 0 Å². The fourth-order valence-corrected chi connectivity index (χ4v) is 3.32. The number of piperazine rings is 1. The molecule has 0 N–H and O–H groups in total. The molecular weight excluding hydrogens is 414 g/mol. The largest absolute Gasteiger partial charge is 0.493 e. The molecule has 144 valence electrons. The lowest BCUT2D eigenvalue weighted by atomic mass is 10.1. The van der Waals surface area contributed by atoms with Crippen LogP contribution in [0.1, 0.15) is 10.4 Å². The van der Waals surface area contributed by atoms with Gasteiger partial charge in [-0.2, -0.15) is 0 Å². The molecule has 1 aliphatic rings. The number of rotatable bonds is 5. The fourth-order valence-electron chi connectivity index (χ4n) is 3.08. The van der Waals surface area contributed by atoms with Gasteiger partial charge in [-0.15, -0.1) is 0 Å². The van der Waals surface area contributed by atoms with Crippen LogP contribution >= 0.6 is 15.9 Å². The molecule has 27 heavy (non-hydrogen) atoms. The third-order valence-corrected chi connectivity index (χ3v) is 4.98. The number of carbonyl (C=O) groups excluding carboxylic acids is 1. The molecule has 1 aromatic heterocycles. The lowest BCUT2D eigenvalue weighted by molar-refractivity contribution is 0.0745. The molecule has 1 aromatic carbocycles. The number of pyridine rings is 1. The van der Waals surface area contributed by atoms with E-state index in [-0.39, 0.29) is 5.91 Å². The molecule has 7 nitrogen and oxygen atoms in total. The smallest absolute Gasteiger partial charge is 0.254 e. The number of amides is 1. The van der Waals surface area contributed by atoms with Crippen molar-refractivity contribution in [3.63, 3.8) is 0 Å². The first-order valence-corrected chi connectivity index (χ1v) is 9.32. The molecule has 0 unspecified atom stereocenters. The van der Waals surface area contributed by atoms with Gasteiger partial charge < -0.3 is 24.0 Å². The summed E-state index contributed by atoms with van der Waals surface area (Å²) in [7, 11) is 4.61. The lowest BCUT2D eigenvalue weighted by Gasteiger charge is -2.35. The molecule has 2 heterocycles. The molecule has 0 saturated carbocycles. The average Bonchev–Trinajstić information content (AvgIpc) is 2.72. The number of carbonyl (C=O) groups is 1. The maximum Gasteiger partial charge on any atom is 0.254 e. The topological polar surface area (TPSA) is 64.1 Å². The molecular formula is C19H22BrN3O4. The Bertz CT molecular complexity index is 780. The van der Waals surface area contributed by atoms with E-state index in [0.29, 0.717) is 35.9 Å². The van der Waals surface area contributed by atoms with E-state index in [9.17, 15) is 4.79 Å². The van der Waals surface area contributed by atoms with Gasteiger partial charge in [-0.3, -0.25) is 4.79 Å². The van der Waals surface area contributed by atoms with E-state index in [1.165, 1.54) is 21.3 Å². The van der Waals surface area contributed by atoms with Crippen LogP contribution in [-0.2, 0) is 0 Å². The van der Waals surface area contributed by atoms with Gasteiger partial charge in [-0.1, -0.05) is 0 Å². The summed E-state index contributed by atoms with van der Waals surface area (Å²) in [6.07, 6.45) is 1.78. The summed E-state index contributed by atoms with van der Waals surface area (Å²) >= 11 is 3.39. The van der Waals surface area contributed by atoms with Crippen molar-refractivity contribution in [3.05, 3.63) is 40.5 Å². The number of anilines is 1. The number of benzene rings is 1. The Hall–Kier alpha value is -2.48. The first kappa shape index (κ1) is 19.3. The Kier molecular flexibility index (Phi) is 6.05. The van der Waals surface area contributed by atoms with Gasteiger partial charge in [0.1, 0.15) is 5.82 Å². The molecule has 1 saturated heterocycles. The highest BCUT2D eigenvalue weighted by atomic mass is 79.9. The summed E-state index contributed by atoms with van der Waals surface area (Å²) in [5.41, 5.74) is 0.514. The van der Waals surface area contributed by atoms with Gasteiger partial charge in [0.15, 0.2) is 11.5 Å². The molecule has 0 aliphatic carbocycles. The second-order valence-corrected chi connectivity index (χ2v) is 6.94. The van der Waals surface area contributed by atoms with E-state index in [1.807, 2.05) is 17.0 Å². The minimum Gasteiger partial charge on any atom is -0.493 e. The molecule has 1 aliphatic heterocycles. The van der Waals surface area contributed by atoms with Crippen LogP contribution in [0.4, 0.5) is 5.82 Å². The van der Waals surface area contributed by atoms with Crippen LogP contribution in [0.5, 0.6) is 17.2 Å². The molecule has 1 amide bonds. The summed E-state index contributed by atoms with van der Waals surface area (Å²) in [5, 5.41) is 0. The number of halogens is 1. The maximum absolute atomic E-state index is 13.0. The lowest BCUT2D eigenvalue weighted by Crippen LogP contribution is -2.49. The Labute approximate surface area is 167 Å². The highest BCUT2D eigenvalue weighted by molar-refractivity contribution is 9.10. The molecule has 0 radical (unpaired) electrons. The van der Waals surface area contributed by atoms with Crippen molar-refractivity contribution in [1.29, 1.82) is 0 Å². The first-order chi connectivity index (χ1) is 13.1. The second kappa shape index (κ2) is 8.47. The Morgan fingerprint density at radius 3 is 2.11 bits per heavy atom. The molecule has 2 aromatic rings. The van der Waals surface area contributed by atoms with E-state index in [4.69, 9.17) is 14.2 Å². The van der Waals surface area contributed by atoms with Crippen molar-refractivity contribution in [1.82, 2.24) is 9.88 Å². The molecule has 0 bridgehead atoms. The van der Waals surface area contributed by atoms with Gasteiger partial charge in [-0.25, -0.2) is 4.98 Å². The van der Waals surface area contributed by atoms with Gasteiger partial charge in [0.25, 0.3) is 5.91 Å². The van der Waals surface area contributed by atoms with Crippen molar-refractivity contribution in [2.24, 2.45) is 0 Å². The zero-order valence-corrected chi connectivity index (χ0v) is 17.2. The number of hydrogen-bond donors (Lipinski definition) is 0. The quantitative estimate of drug-likeness (QED) is 0.719. The summed E-state index contributed by atoms with van der Waals surface area (Å²) in [4.78, 5) is 21.4. The van der Waals surface area contributed by atoms with E-state index in [0.717, 1.165) is 23.4 Å². The zero-order valence-electron chi connectivity index (χ0n) is 15.6. The number of ether oxygens (including phenoxy) is 3. The van der Waals surface area contributed by atoms with Crippen molar-refractivity contribution >= 4 is 27.7 Å². The number of hydrogen-bond acceptors (Lipinski definition) is 6. The summed E-state index contributed by atoms with van der Waals surface area (Å²) in [5.74, 6) is 2.27. The van der Waals surface area contributed by atoms with Gasteiger partial charge in [0.05, 0.1) is 21.3 Å². The number of aromatic nitrogens is 1. The van der Waals surface area contributed by atoms with Gasteiger partial charge in [-0.05, 0) is 40.2 Å². The third-order valence-electron chi connectivity index (χ3n) is 4.51. The van der Waals surface area contributed by atoms with E-state index < -0.39 is 0 Å². The monoisotopic (exact) mass is 435 g/mol. The Morgan fingerprint density at radius 1 is 1.00 bits per heavy atom. The van der Waals surface area contributed by atoms with Crippen LogP contribution in [0.15, 0.2) is 34.9 Å². The van der Waals surface area contributed by atoms with Crippen LogP contribution in [0.25, 0.3) is 0 Å². The molecule has 0 atom stereocenters. The normalized spacial score (nSPS) is 14.1. The van der Waals surface area contributed by atoms with E-state index in [2.05, 4.69) is 25.8 Å². The Morgan fingerprint density at radius 2 is 1.63 bits per heavy atom. The molecule has 8 heteroatoms. The summed E-state index contributed by atoms with van der Waals surface area (Å²) < 4.78 is 17.0. The zero-order chi connectivity index (χ0) is 19.4. The molecule has 0 spiro atoms. The van der Waals surface area contributed by atoms with Crippen molar-refractivity contribution in [2.75, 3.05) is 52.4 Å². The highest BCUT2D eigenvalue weighted by Crippen LogP contribution is 2.38. The summed E-state index contributed by atoms with van der Waals surface area (Å²) in [6, 6.07) is 7.31. The number of methoxy groups -OCH3 is 3. The third kappa shape index (κ3) is 4.10. The van der Waals surface area contributed by atoms with Crippen LogP contribution in [0.2, 0.25) is 0 Å². The average molecular weight is 436 g/mol. The predicted octanol–water partition coefficient (Wildman–Crippen LogP) is 2.83.